The Morgan fingerprint density at radius 1 is 0.284 bits per heavy atom. The van der Waals surface area contributed by atoms with Crippen molar-refractivity contribution >= 4 is 17.9 Å². The van der Waals surface area contributed by atoms with Gasteiger partial charge in [0.2, 0.25) is 0 Å². The van der Waals surface area contributed by atoms with Gasteiger partial charge in [-0.15, -0.1) is 0 Å². The highest BCUT2D eigenvalue weighted by molar-refractivity contribution is 5.71. The average Bonchev–Trinajstić information content (AvgIpc) is 3.40. The van der Waals surface area contributed by atoms with E-state index in [1.54, 1.807) is 0 Å². The van der Waals surface area contributed by atoms with Gasteiger partial charge in [0.1, 0.15) is 13.2 Å². The molecule has 0 aliphatic heterocycles. The fourth-order valence-electron chi connectivity index (χ4n) is 7.42. The summed E-state index contributed by atoms with van der Waals surface area (Å²) in [5.74, 6) is -0.985. The van der Waals surface area contributed by atoms with E-state index in [2.05, 4.69) is 179 Å². The first kappa shape index (κ1) is 69.0. The number of unbranched alkanes of at least 4 members (excludes halogenated alkanes) is 14. The summed E-state index contributed by atoms with van der Waals surface area (Å²) in [6.45, 7) is 6.31. The Morgan fingerprint density at radius 3 is 0.851 bits per heavy atom. The normalized spacial score (nSPS) is 13.3. The molecular formula is C68H106O6. The molecule has 1 unspecified atom stereocenters. The average molecular weight is 1020 g/mol. The van der Waals surface area contributed by atoms with Gasteiger partial charge in [0.15, 0.2) is 6.10 Å². The molecule has 0 saturated carbocycles. The van der Waals surface area contributed by atoms with Crippen molar-refractivity contribution < 1.29 is 28.6 Å². The Bertz CT molecular complexity index is 1690. The topological polar surface area (TPSA) is 78.9 Å². The van der Waals surface area contributed by atoms with E-state index in [1.165, 1.54) is 32.1 Å². The van der Waals surface area contributed by atoms with Gasteiger partial charge in [-0.25, -0.2) is 0 Å². The molecule has 6 heteroatoms. The van der Waals surface area contributed by atoms with Crippen LogP contribution in [0, 0.1) is 0 Å². The minimum atomic E-state index is -0.815. The standard InChI is InChI=1S/C68H106O6/c1-4-7-10-13-16-19-21-23-25-27-29-31-32-33-34-35-36-38-39-41-43-45-47-49-52-55-58-61-67(70)73-64-65(63-72-66(69)60-57-54-51-18-15-12-9-6-3)74-68(71)62-59-56-53-50-48-46-44-42-40-37-30-28-26-24-22-20-17-14-11-8-5-2/h7-8,10-11,16-17,19-20,23-26,29-31,33-34,36-38,41-44,48,50,65H,4-6,9,12-15,18,21-22,27-28,32,35,39-40,45-47,49,51-64H2,1-3H3/b10-7-,11-8-,19-16-,20-17-,25-23-,26-24-,31-29-,34-33-,37-30-,38-36-,43-41-,44-42-,50-48-. The Hall–Kier alpha value is -4.97. The molecule has 414 valence electrons. The lowest BCUT2D eigenvalue weighted by molar-refractivity contribution is -0.167. The number of carbonyl (C=O) groups is 3. The van der Waals surface area contributed by atoms with Crippen molar-refractivity contribution in [2.75, 3.05) is 13.2 Å². The molecule has 0 bridgehead atoms. The molecule has 74 heavy (non-hydrogen) atoms. The summed E-state index contributed by atoms with van der Waals surface area (Å²) in [7, 11) is 0. The van der Waals surface area contributed by atoms with Gasteiger partial charge in [-0.1, -0.05) is 243 Å². The monoisotopic (exact) mass is 1020 g/mol. The number of ether oxygens (including phenoxy) is 3. The van der Waals surface area contributed by atoms with E-state index in [4.69, 9.17) is 14.2 Å². The zero-order valence-corrected chi connectivity index (χ0v) is 47.3. The maximum absolute atomic E-state index is 12.8. The van der Waals surface area contributed by atoms with Crippen molar-refractivity contribution in [3.63, 3.8) is 0 Å². The van der Waals surface area contributed by atoms with E-state index in [0.717, 1.165) is 154 Å². The molecular weight excluding hydrogens is 913 g/mol. The summed E-state index contributed by atoms with van der Waals surface area (Å²) in [4.78, 5) is 38.0. The van der Waals surface area contributed by atoms with Crippen LogP contribution in [-0.2, 0) is 28.6 Å². The first-order valence-electron chi connectivity index (χ1n) is 29.5. The highest BCUT2D eigenvalue weighted by atomic mass is 16.6. The minimum absolute atomic E-state index is 0.108. The molecule has 0 aromatic heterocycles. The molecule has 0 aromatic rings. The number of hydrogen-bond acceptors (Lipinski definition) is 6. The molecule has 1 atom stereocenters. The van der Waals surface area contributed by atoms with Gasteiger partial charge in [-0.3, -0.25) is 14.4 Å². The van der Waals surface area contributed by atoms with Crippen molar-refractivity contribution in [1.29, 1.82) is 0 Å². The van der Waals surface area contributed by atoms with E-state index in [-0.39, 0.29) is 37.5 Å². The molecule has 0 heterocycles. The van der Waals surface area contributed by atoms with Crippen LogP contribution in [0.5, 0.6) is 0 Å². The number of rotatable bonds is 51. The van der Waals surface area contributed by atoms with Gasteiger partial charge in [0.05, 0.1) is 0 Å². The van der Waals surface area contributed by atoms with Gasteiger partial charge in [0, 0.05) is 19.3 Å². The van der Waals surface area contributed by atoms with E-state index in [9.17, 15) is 14.4 Å². The second-order valence-corrected chi connectivity index (χ2v) is 18.8. The summed E-state index contributed by atoms with van der Waals surface area (Å²) in [6, 6.07) is 0. The molecule has 0 fully saturated rings. The molecule has 0 rings (SSSR count). The fourth-order valence-corrected chi connectivity index (χ4v) is 7.42. The van der Waals surface area contributed by atoms with E-state index in [0.29, 0.717) is 19.3 Å². The summed E-state index contributed by atoms with van der Waals surface area (Å²) in [5.41, 5.74) is 0. The lowest BCUT2D eigenvalue weighted by atomic mass is 10.1. The van der Waals surface area contributed by atoms with E-state index >= 15 is 0 Å². The molecule has 0 spiro atoms. The third kappa shape index (κ3) is 57.9. The van der Waals surface area contributed by atoms with Gasteiger partial charge >= 0.3 is 17.9 Å². The predicted molar refractivity (Wildman–Crippen MR) is 320 cm³/mol. The SMILES string of the molecule is CC/C=C\C/C=C\C/C=C\C/C=C\C/C=C\C/C=C\C/C=C\CCCCCCCC(=O)OCC(COC(=O)CCCCCCCCCC)OC(=O)CCCC/C=C\C/C=C\C/C=C\C/C=C\C/C=C\C/C=C\CC. The zero-order chi connectivity index (χ0) is 53.6. The first-order valence-corrected chi connectivity index (χ1v) is 29.5. The fraction of sp³-hybridized carbons (Fsp3) is 0.574. The molecule has 0 saturated heterocycles. The second-order valence-electron chi connectivity index (χ2n) is 18.8. The van der Waals surface area contributed by atoms with Crippen molar-refractivity contribution in [3.05, 3.63) is 158 Å². The van der Waals surface area contributed by atoms with E-state index in [1.807, 2.05) is 0 Å². The minimum Gasteiger partial charge on any atom is -0.462 e. The summed E-state index contributed by atoms with van der Waals surface area (Å²) in [5, 5.41) is 0. The van der Waals surface area contributed by atoms with Crippen molar-refractivity contribution in [3.8, 4) is 0 Å². The van der Waals surface area contributed by atoms with Crippen LogP contribution >= 0.6 is 0 Å². The quantitative estimate of drug-likeness (QED) is 0.0261. The molecule has 6 nitrogen and oxygen atoms in total. The lowest BCUT2D eigenvalue weighted by Gasteiger charge is -2.18. The van der Waals surface area contributed by atoms with Crippen LogP contribution in [0.2, 0.25) is 0 Å². The number of allylic oxidation sites excluding steroid dienone is 26. The van der Waals surface area contributed by atoms with Crippen LogP contribution in [0.3, 0.4) is 0 Å². The third-order valence-electron chi connectivity index (χ3n) is 11.8. The van der Waals surface area contributed by atoms with Gasteiger partial charge in [-0.2, -0.15) is 0 Å². The van der Waals surface area contributed by atoms with Crippen molar-refractivity contribution in [2.24, 2.45) is 0 Å². The summed E-state index contributed by atoms with van der Waals surface area (Å²) >= 11 is 0. The summed E-state index contributed by atoms with van der Waals surface area (Å²) in [6.07, 6.45) is 88.2. The highest BCUT2D eigenvalue weighted by Gasteiger charge is 2.19. The van der Waals surface area contributed by atoms with Gasteiger partial charge < -0.3 is 14.2 Å². The molecule has 0 N–H and O–H groups in total. The maximum atomic E-state index is 12.8. The van der Waals surface area contributed by atoms with Crippen molar-refractivity contribution in [1.82, 2.24) is 0 Å². The van der Waals surface area contributed by atoms with Crippen LogP contribution < -0.4 is 0 Å². The maximum Gasteiger partial charge on any atom is 0.306 e. The highest BCUT2D eigenvalue weighted by Crippen LogP contribution is 2.13. The Morgan fingerprint density at radius 2 is 0.527 bits per heavy atom. The molecule has 0 radical (unpaired) electrons. The lowest BCUT2D eigenvalue weighted by Crippen LogP contribution is -2.30. The third-order valence-corrected chi connectivity index (χ3v) is 11.8. The Labute approximate surface area is 454 Å². The summed E-state index contributed by atoms with van der Waals surface area (Å²) < 4.78 is 16.8. The smallest absolute Gasteiger partial charge is 0.306 e. The van der Waals surface area contributed by atoms with Crippen LogP contribution in [-0.4, -0.2) is 37.2 Å². The number of carbonyl (C=O) groups excluding carboxylic acids is 3. The second kappa shape index (κ2) is 60.6. The number of esters is 3. The molecule has 0 aliphatic rings. The first-order chi connectivity index (χ1) is 36.5. The molecule has 0 aromatic carbocycles. The Balaban J connectivity index is 4.38. The van der Waals surface area contributed by atoms with Gasteiger partial charge in [0.25, 0.3) is 0 Å². The predicted octanol–water partition coefficient (Wildman–Crippen LogP) is 20.1. The van der Waals surface area contributed by atoms with Gasteiger partial charge in [-0.05, 0) is 128 Å². The largest absolute Gasteiger partial charge is 0.462 e. The van der Waals surface area contributed by atoms with Crippen LogP contribution in [0.25, 0.3) is 0 Å². The molecule has 0 amide bonds. The Kier molecular flexibility index (Phi) is 56.5. The van der Waals surface area contributed by atoms with E-state index < -0.39 is 6.10 Å². The van der Waals surface area contributed by atoms with Crippen molar-refractivity contribution in [2.45, 2.75) is 239 Å². The number of hydrogen-bond donors (Lipinski definition) is 0. The van der Waals surface area contributed by atoms with Crippen LogP contribution in [0.1, 0.15) is 233 Å². The van der Waals surface area contributed by atoms with Crippen LogP contribution in [0.15, 0.2) is 158 Å². The molecule has 0 aliphatic carbocycles. The zero-order valence-electron chi connectivity index (χ0n) is 47.3. The van der Waals surface area contributed by atoms with Crippen LogP contribution in [0.4, 0.5) is 0 Å².